The Bertz CT molecular complexity index is 523. The lowest BCUT2D eigenvalue weighted by Crippen LogP contribution is -2.43. The summed E-state index contributed by atoms with van der Waals surface area (Å²) >= 11 is 0. The van der Waals surface area contributed by atoms with Crippen LogP contribution in [-0.2, 0) is 0 Å². The number of guanidine groups is 1. The van der Waals surface area contributed by atoms with E-state index in [1.54, 1.807) is 0 Å². The number of aryl methyl sites for hydroxylation is 1. The second-order valence-corrected chi connectivity index (χ2v) is 6.50. The summed E-state index contributed by atoms with van der Waals surface area (Å²) in [6.45, 7) is 8.18. The Labute approximate surface area is 163 Å². The van der Waals surface area contributed by atoms with Crippen molar-refractivity contribution in [2.24, 2.45) is 10.9 Å². The Balaban J connectivity index is 0.00000288. The summed E-state index contributed by atoms with van der Waals surface area (Å²) < 4.78 is 5.93. The lowest BCUT2D eigenvalue weighted by Gasteiger charge is -2.19. The van der Waals surface area contributed by atoms with Gasteiger partial charge < -0.3 is 20.3 Å². The van der Waals surface area contributed by atoms with Gasteiger partial charge in [-0.25, -0.2) is 0 Å². The maximum Gasteiger partial charge on any atom is 0.191 e. The highest BCUT2D eigenvalue weighted by Gasteiger charge is 2.19. The summed E-state index contributed by atoms with van der Waals surface area (Å²) in [5, 5.41) is 6.76. The van der Waals surface area contributed by atoms with Crippen molar-refractivity contribution in [3.05, 3.63) is 29.8 Å². The summed E-state index contributed by atoms with van der Waals surface area (Å²) in [6, 6.07) is 8.14. The summed E-state index contributed by atoms with van der Waals surface area (Å²) in [6.07, 6.45) is 1.33. The van der Waals surface area contributed by atoms with Crippen LogP contribution < -0.4 is 15.4 Å². The van der Waals surface area contributed by atoms with Crippen molar-refractivity contribution >= 4 is 29.9 Å². The highest BCUT2D eigenvalue weighted by molar-refractivity contribution is 14.0. The lowest BCUT2D eigenvalue weighted by atomic mass is 10.1. The number of ether oxygens (including phenoxy) is 1. The maximum absolute atomic E-state index is 5.93. The normalized spacial score (nSPS) is 19.5. The Morgan fingerprint density at radius 3 is 2.83 bits per heavy atom. The second-order valence-electron chi connectivity index (χ2n) is 6.50. The SMILES string of the molecule is CN=C(NCC1CCN(C)C1)NCC(C)Oc1cccc(C)c1.I. The van der Waals surface area contributed by atoms with E-state index < -0.39 is 0 Å². The standard InChI is InChI=1S/C18H30N4O.HI/c1-14-6-5-7-17(10-14)23-15(2)11-20-18(19-3)21-12-16-8-9-22(4)13-16;/h5-7,10,15-16H,8-9,11-13H2,1-4H3,(H2,19,20,21);1H. The molecule has 0 spiro atoms. The number of halogens is 1. The highest BCUT2D eigenvalue weighted by atomic mass is 127. The fraction of sp³-hybridized carbons (Fsp3) is 0.611. The van der Waals surface area contributed by atoms with Gasteiger partial charge in [-0.2, -0.15) is 0 Å². The van der Waals surface area contributed by atoms with E-state index in [0.717, 1.165) is 31.3 Å². The molecule has 0 aromatic heterocycles. The van der Waals surface area contributed by atoms with Gasteiger partial charge in [0.05, 0.1) is 6.54 Å². The minimum atomic E-state index is 0. The van der Waals surface area contributed by atoms with E-state index in [1.807, 2.05) is 19.2 Å². The van der Waals surface area contributed by atoms with Gasteiger partial charge in [0.1, 0.15) is 11.9 Å². The van der Waals surface area contributed by atoms with Crippen LogP contribution in [0.5, 0.6) is 5.75 Å². The molecule has 5 nitrogen and oxygen atoms in total. The van der Waals surface area contributed by atoms with E-state index in [9.17, 15) is 0 Å². The number of benzene rings is 1. The first kappa shape index (κ1) is 21.0. The van der Waals surface area contributed by atoms with Crippen molar-refractivity contribution in [1.82, 2.24) is 15.5 Å². The van der Waals surface area contributed by atoms with E-state index in [2.05, 4.69) is 53.6 Å². The monoisotopic (exact) mass is 446 g/mol. The van der Waals surface area contributed by atoms with Crippen molar-refractivity contribution in [1.29, 1.82) is 0 Å². The third-order valence-electron chi connectivity index (χ3n) is 4.15. The van der Waals surface area contributed by atoms with Gasteiger partial charge in [0.25, 0.3) is 0 Å². The zero-order valence-electron chi connectivity index (χ0n) is 15.2. The minimum Gasteiger partial charge on any atom is -0.489 e. The first-order valence-electron chi connectivity index (χ1n) is 8.43. The number of nitrogens with zero attached hydrogens (tertiary/aromatic N) is 2. The molecule has 0 aliphatic carbocycles. The average molecular weight is 446 g/mol. The van der Waals surface area contributed by atoms with Crippen LogP contribution >= 0.6 is 24.0 Å². The molecule has 0 saturated carbocycles. The van der Waals surface area contributed by atoms with Crippen LogP contribution in [-0.4, -0.2) is 57.2 Å². The molecule has 1 aromatic rings. The number of aliphatic imine (C=N–C) groups is 1. The first-order chi connectivity index (χ1) is 11.1. The number of hydrogen-bond donors (Lipinski definition) is 2. The van der Waals surface area contributed by atoms with Crippen LogP contribution in [0.4, 0.5) is 0 Å². The molecule has 1 aliphatic rings. The molecular formula is C18H31IN4O. The maximum atomic E-state index is 5.93. The van der Waals surface area contributed by atoms with E-state index in [1.165, 1.54) is 18.5 Å². The van der Waals surface area contributed by atoms with Gasteiger partial charge >= 0.3 is 0 Å². The molecule has 1 saturated heterocycles. The topological polar surface area (TPSA) is 48.9 Å². The second kappa shape index (κ2) is 10.8. The van der Waals surface area contributed by atoms with Crippen LogP contribution in [0.1, 0.15) is 18.9 Å². The fourth-order valence-electron chi connectivity index (χ4n) is 2.86. The molecule has 0 bridgehead atoms. The molecule has 24 heavy (non-hydrogen) atoms. The van der Waals surface area contributed by atoms with Crippen molar-refractivity contribution < 1.29 is 4.74 Å². The third kappa shape index (κ3) is 7.25. The smallest absolute Gasteiger partial charge is 0.191 e. The molecular weight excluding hydrogens is 415 g/mol. The summed E-state index contributed by atoms with van der Waals surface area (Å²) in [4.78, 5) is 6.66. The van der Waals surface area contributed by atoms with Crippen LogP contribution in [0.25, 0.3) is 0 Å². The van der Waals surface area contributed by atoms with Crippen molar-refractivity contribution in [3.8, 4) is 5.75 Å². The number of rotatable bonds is 6. The molecule has 1 aromatic carbocycles. The largest absolute Gasteiger partial charge is 0.489 e. The average Bonchev–Trinajstić information content (AvgIpc) is 2.93. The van der Waals surface area contributed by atoms with Crippen molar-refractivity contribution in [3.63, 3.8) is 0 Å². The van der Waals surface area contributed by atoms with Crippen molar-refractivity contribution in [2.75, 3.05) is 40.3 Å². The Morgan fingerprint density at radius 1 is 1.42 bits per heavy atom. The summed E-state index contributed by atoms with van der Waals surface area (Å²) in [5.74, 6) is 2.47. The zero-order chi connectivity index (χ0) is 16.7. The molecule has 2 rings (SSSR count). The van der Waals surface area contributed by atoms with Gasteiger partial charge in [-0.15, -0.1) is 24.0 Å². The lowest BCUT2D eigenvalue weighted by molar-refractivity contribution is 0.223. The van der Waals surface area contributed by atoms with Gasteiger partial charge in [-0.3, -0.25) is 4.99 Å². The molecule has 1 heterocycles. The van der Waals surface area contributed by atoms with Gasteiger partial charge in [0.15, 0.2) is 5.96 Å². The number of nitrogens with one attached hydrogen (secondary N) is 2. The van der Waals surface area contributed by atoms with Crippen LogP contribution in [0, 0.1) is 12.8 Å². The Kier molecular flexibility index (Phi) is 9.43. The van der Waals surface area contributed by atoms with E-state index in [-0.39, 0.29) is 30.1 Å². The van der Waals surface area contributed by atoms with Gasteiger partial charge in [0, 0.05) is 20.1 Å². The van der Waals surface area contributed by atoms with Gasteiger partial charge in [0.2, 0.25) is 0 Å². The molecule has 1 fully saturated rings. The van der Waals surface area contributed by atoms with Crippen LogP contribution in [0.15, 0.2) is 29.3 Å². The molecule has 0 radical (unpaired) electrons. The van der Waals surface area contributed by atoms with Gasteiger partial charge in [-0.05, 0) is 57.5 Å². The predicted molar refractivity (Wildman–Crippen MR) is 112 cm³/mol. The third-order valence-corrected chi connectivity index (χ3v) is 4.15. The van der Waals surface area contributed by atoms with E-state index in [0.29, 0.717) is 5.92 Å². The van der Waals surface area contributed by atoms with Gasteiger partial charge in [-0.1, -0.05) is 12.1 Å². The summed E-state index contributed by atoms with van der Waals surface area (Å²) in [7, 11) is 3.99. The molecule has 6 heteroatoms. The molecule has 2 N–H and O–H groups in total. The molecule has 2 atom stereocenters. The van der Waals surface area contributed by atoms with Crippen LogP contribution in [0.3, 0.4) is 0 Å². The quantitative estimate of drug-likeness (QED) is 0.401. The summed E-state index contributed by atoms with van der Waals surface area (Å²) in [5.41, 5.74) is 1.21. The molecule has 2 unspecified atom stereocenters. The molecule has 136 valence electrons. The van der Waals surface area contributed by atoms with E-state index >= 15 is 0 Å². The Hall–Kier alpha value is -1.02. The predicted octanol–water partition coefficient (Wildman–Crippen LogP) is 2.50. The first-order valence-corrected chi connectivity index (χ1v) is 8.43. The highest BCUT2D eigenvalue weighted by Crippen LogP contribution is 2.14. The molecule has 1 aliphatic heterocycles. The van der Waals surface area contributed by atoms with Crippen molar-refractivity contribution in [2.45, 2.75) is 26.4 Å². The zero-order valence-corrected chi connectivity index (χ0v) is 17.5. The van der Waals surface area contributed by atoms with Crippen LogP contribution in [0.2, 0.25) is 0 Å². The fourth-order valence-corrected chi connectivity index (χ4v) is 2.86. The number of hydrogen-bond acceptors (Lipinski definition) is 3. The molecule has 0 amide bonds. The minimum absolute atomic E-state index is 0. The van der Waals surface area contributed by atoms with E-state index in [4.69, 9.17) is 4.74 Å². The number of likely N-dealkylation sites (tertiary alicyclic amines) is 1. The Morgan fingerprint density at radius 2 is 2.21 bits per heavy atom.